The third-order valence-corrected chi connectivity index (χ3v) is 4.93. The highest BCUT2D eigenvalue weighted by Gasteiger charge is 2.08. The van der Waals surface area contributed by atoms with Crippen molar-refractivity contribution < 1.29 is 0 Å². The van der Waals surface area contributed by atoms with E-state index in [1.165, 1.54) is 4.90 Å². The number of thioether (sulfide) groups is 1. The predicted molar refractivity (Wildman–Crippen MR) is 85.2 cm³/mol. The number of nitrogens with two attached hydrogens (primary N) is 2. The third-order valence-electron chi connectivity index (χ3n) is 2.71. The molecule has 0 aliphatic heterocycles. The van der Waals surface area contributed by atoms with Crippen LogP contribution in [-0.2, 0) is 6.42 Å². The summed E-state index contributed by atoms with van der Waals surface area (Å²) >= 11 is 5.28. The van der Waals surface area contributed by atoms with Gasteiger partial charge in [-0.2, -0.15) is 0 Å². The van der Waals surface area contributed by atoms with E-state index < -0.39 is 0 Å². The lowest BCUT2D eigenvalue weighted by Crippen LogP contribution is -2.26. The topological polar surface area (TPSA) is 64.9 Å². The number of halogens is 1. The Hall–Kier alpha value is -1.04. The first kappa shape index (κ1) is 14.4. The van der Waals surface area contributed by atoms with E-state index in [-0.39, 0.29) is 6.04 Å². The number of hydrogen-bond donors (Lipinski definition) is 2. The summed E-state index contributed by atoms with van der Waals surface area (Å²) < 4.78 is 1.10. The molecule has 4 N–H and O–H groups in total. The first-order chi connectivity index (χ1) is 9.16. The van der Waals surface area contributed by atoms with Crippen LogP contribution in [0, 0.1) is 0 Å². The lowest BCUT2D eigenvalue weighted by Gasteiger charge is -2.13. The fourth-order valence-corrected chi connectivity index (χ4v) is 3.23. The van der Waals surface area contributed by atoms with Crippen molar-refractivity contribution in [1.82, 2.24) is 4.98 Å². The van der Waals surface area contributed by atoms with Gasteiger partial charge in [-0.1, -0.05) is 12.1 Å². The van der Waals surface area contributed by atoms with Crippen molar-refractivity contribution in [3.63, 3.8) is 0 Å². The van der Waals surface area contributed by atoms with Crippen LogP contribution in [0.5, 0.6) is 0 Å². The Bertz CT molecular complexity index is 548. The zero-order chi connectivity index (χ0) is 13.7. The minimum Gasteiger partial charge on any atom is -0.398 e. The summed E-state index contributed by atoms with van der Waals surface area (Å²) in [6.07, 6.45) is 4.23. The molecular weight excluding hydrogens is 322 g/mol. The summed E-state index contributed by atoms with van der Waals surface area (Å²) in [4.78, 5) is 5.29. The number of anilines is 1. The maximum Gasteiger partial charge on any atom is 0.0378 e. The fraction of sp³-hybridized carbons (Fsp3) is 0.214. The van der Waals surface area contributed by atoms with Crippen molar-refractivity contribution in [2.24, 2.45) is 5.73 Å². The molecule has 0 spiro atoms. The molecule has 0 saturated carbocycles. The van der Waals surface area contributed by atoms with Crippen LogP contribution in [0.15, 0.2) is 52.1 Å². The van der Waals surface area contributed by atoms with Gasteiger partial charge in [-0.15, -0.1) is 11.8 Å². The molecule has 5 heteroatoms. The van der Waals surface area contributed by atoms with Crippen LogP contribution in [0.4, 0.5) is 5.69 Å². The van der Waals surface area contributed by atoms with E-state index >= 15 is 0 Å². The largest absolute Gasteiger partial charge is 0.398 e. The molecule has 0 bridgehead atoms. The molecule has 0 radical (unpaired) electrons. The van der Waals surface area contributed by atoms with Crippen LogP contribution in [0.1, 0.15) is 5.56 Å². The molecule has 2 rings (SSSR count). The monoisotopic (exact) mass is 337 g/mol. The molecule has 2 aromatic rings. The minimum atomic E-state index is 0.0589. The summed E-state index contributed by atoms with van der Waals surface area (Å²) in [5.41, 5.74) is 13.8. The van der Waals surface area contributed by atoms with Crippen molar-refractivity contribution in [3.05, 3.63) is 52.8 Å². The molecule has 0 aliphatic rings. The molecule has 0 saturated heterocycles. The van der Waals surface area contributed by atoms with Crippen molar-refractivity contribution in [1.29, 1.82) is 0 Å². The van der Waals surface area contributed by atoms with Crippen molar-refractivity contribution in [2.45, 2.75) is 17.4 Å². The number of nitrogens with zero attached hydrogens (tertiary/aromatic N) is 1. The van der Waals surface area contributed by atoms with Gasteiger partial charge in [-0.25, -0.2) is 0 Å². The molecular formula is C14H16BrN3S. The maximum atomic E-state index is 6.15. The molecule has 1 aromatic carbocycles. The second kappa shape index (κ2) is 6.93. The maximum absolute atomic E-state index is 6.15. The van der Waals surface area contributed by atoms with Gasteiger partial charge in [0.2, 0.25) is 0 Å². The highest BCUT2D eigenvalue weighted by Crippen LogP contribution is 2.27. The highest BCUT2D eigenvalue weighted by molar-refractivity contribution is 9.10. The Morgan fingerprint density at radius 2 is 2.05 bits per heavy atom. The number of pyridine rings is 1. The Balaban J connectivity index is 1.90. The minimum absolute atomic E-state index is 0.0589. The van der Waals surface area contributed by atoms with Crippen LogP contribution in [0.3, 0.4) is 0 Å². The second-order valence-electron chi connectivity index (χ2n) is 4.28. The van der Waals surface area contributed by atoms with Gasteiger partial charge in [0, 0.05) is 39.2 Å². The molecule has 1 aromatic heterocycles. The molecule has 0 aliphatic carbocycles. The fourth-order valence-electron chi connectivity index (χ4n) is 1.71. The van der Waals surface area contributed by atoms with Gasteiger partial charge in [-0.3, -0.25) is 4.98 Å². The zero-order valence-corrected chi connectivity index (χ0v) is 12.8. The van der Waals surface area contributed by atoms with E-state index in [9.17, 15) is 0 Å². The lowest BCUT2D eigenvalue weighted by atomic mass is 10.1. The van der Waals surface area contributed by atoms with Crippen LogP contribution >= 0.6 is 27.7 Å². The van der Waals surface area contributed by atoms with Crippen molar-refractivity contribution in [3.8, 4) is 0 Å². The average Bonchev–Trinajstić information content (AvgIpc) is 2.40. The number of rotatable bonds is 5. The summed E-state index contributed by atoms with van der Waals surface area (Å²) in [5, 5.41) is 0. The molecule has 0 fully saturated rings. The van der Waals surface area contributed by atoms with Gasteiger partial charge in [0.25, 0.3) is 0 Å². The lowest BCUT2D eigenvalue weighted by molar-refractivity contribution is 0.747. The van der Waals surface area contributed by atoms with Crippen LogP contribution in [0.2, 0.25) is 0 Å². The number of nitrogen functional groups attached to an aromatic ring is 1. The Kier molecular flexibility index (Phi) is 5.24. The Labute approximate surface area is 125 Å². The molecule has 1 heterocycles. The van der Waals surface area contributed by atoms with Gasteiger partial charge in [0.05, 0.1) is 0 Å². The number of hydrogen-bond acceptors (Lipinski definition) is 4. The van der Waals surface area contributed by atoms with Crippen LogP contribution < -0.4 is 11.5 Å². The second-order valence-corrected chi connectivity index (χ2v) is 6.20. The normalized spacial score (nSPS) is 12.3. The first-order valence-electron chi connectivity index (χ1n) is 5.98. The molecule has 3 nitrogen and oxygen atoms in total. The molecule has 1 unspecified atom stereocenters. The molecule has 1 atom stereocenters. The van der Waals surface area contributed by atoms with E-state index in [0.29, 0.717) is 0 Å². The third kappa shape index (κ3) is 4.23. The van der Waals surface area contributed by atoms with Gasteiger partial charge in [-0.05, 0) is 46.1 Å². The molecule has 19 heavy (non-hydrogen) atoms. The SMILES string of the molecule is Nc1ccncc1CC(N)CSc1ccccc1Br. The smallest absolute Gasteiger partial charge is 0.0378 e. The van der Waals surface area contributed by atoms with E-state index in [2.05, 4.69) is 27.0 Å². The number of benzene rings is 1. The van der Waals surface area contributed by atoms with Crippen LogP contribution in [-0.4, -0.2) is 16.8 Å². The van der Waals surface area contributed by atoms with Gasteiger partial charge >= 0.3 is 0 Å². The first-order valence-corrected chi connectivity index (χ1v) is 7.76. The van der Waals surface area contributed by atoms with Gasteiger partial charge in [0.1, 0.15) is 0 Å². The zero-order valence-electron chi connectivity index (χ0n) is 10.4. The van der Waals surface area contributed by atoms with E-state index in [4.69, 9.17) is 11.5 Å². The molecule has 100 valence electrons. The van der Waals surface area contributed by atoms with Gasteiger partial charge < -0.3 is 11.5 Å². The summed E-state index contributed by atoms with van der Waals surface area (Å²) in [5.74, 6) is 0.844. The van der Waals surface area contributed by atoms with E-state index in [1.807, 2.05) is 24.3 Å². The predicted octanol–water partition coefficient (Wildman–Crippen LogP) is 3.09. The summed E-state index contributed by atoms with van der Waals surface area (Å²) in [6.45, 7) is 0. The highest BCUT2D eigenvalue weighted by atomic mass is 79.9. The Morgan fingerprint density at radius 3 is 2.79 bits per heavy atom. The van der Waals surface area contributed by atoms with E-state index in [1.54, 1.807) is 24.2 Å². The summed E-state index contributed by atoms with van der Waals surface area (Å²) in [6, 6.07) is 10.0. The number of aromatic nitrogens is 1. The van der Waals surface area contributed by atoms with Crippen LogP contribution in [0.25, 0.3) is 0 Å². The van der Waals surface area contributed by atoms with Crippen molar-refractivity contribution in [2.75, 3.05) is 11.5 Å². The van der Waals surface area contributed by atoms with E-state index in [0.717, 1.165) is 27.9 Å². The molecule has 0 amide bonds. The summed E-state index contributed by atoms with van der Waals surface area (Å²) in [7, 11) is 0. The quantitative estimate of drug-likeness (QED) is 0.823. The van der Waals surface area contributed by atoms with Crippen molar-refractivity contribution >= 4 is 33.4 Å². The van der Waals surface area contributed by atoms with Gasteiger partial charge in [0.15, 0.2) is 0 Å². The Morgan fingerprint density at radius 1 is 1.26 bits per heavy atom. The average molecular weight is 338 g/mol. The standard InChI is InChI=1S/C14H16BrN3S/c15-12-3-1-2-4-14(12)19-9-11(16)7-10-8-18-6-5-13(10)17/h1-6,8,11H,7,9,16H2,(H2,17,18).